The molecule has 0 fully saturated rings. The van der Waals surface area contributed by atoms with Crippen LogP contribution in [-0.4, -0.2) is 19.6 Å². The highest BCUT2D eigenvalue weighted by Crippen LogP contribution is 2.45. The number of sulfonamides is 1. The number of fused-ring (bicyclic) bond motifs is 1. The van der Waals surface area contributed by atoms with Crippen molar-refractivity contribution in [2.24, 2.45) is 15.4 Å². The fourth-order valence-corrected chi connectivity index (χ4v) is 3.50. The van der Waals surface area contributed by atoms with Crippen LogP contribution in [0, 0.1) is 6.92 Å². The van der Waals surface area contributed by atoms with Gasteiger partial charge in [-0.1, -0.05) is 18.2 Å². The first-order valence-corrected chi connectivity index (χ1v) is 9.78. The summed E-state index contributed by atoms with van der Waals surface area (Å²) in [4.78, 5) is 4.10. The number of hydrogen-bond donors (Lipinski definition) is 1. The van der Waals surface area contributed by atoms with Crippen LogP contribution in [0.2, 0.25) is 0 Å². The number of nitrogens with zero attached hydrogens (tertiary/aromatic N) is 3. The summed E-state index contributed by atoms with van der Waals surface area (Å²) in [6.45, 7) is 1.83. The number of aryl methyl sites for hydroxylation is 1. The van der Waals surface area contributed by atoms with Gasteiger partial charge in [0.1, 0.15) is 5.52 Å². The average Bonchev–Trinajstić information content (AvgIpc) is 3.25. The second-order valence-corrected chi connectivity index (χ2v) is 8.11. The molecule has 2 aromatic carbocycles. The zero-order valence-corrected chi connectivity index (χ0v) is 15.6. The second kappa shape index (κ2) is 6.22. The van der Waals surface area contributed by atoms with Crippen LogP contribution in [0.3, 0.4) is 0 Å². The number of azo groups is 1. The molecule has 11 heteroatoms. The molecule has 0 bridgehead atoms. The van der Waals surface area contributed by atoms with Gasteiger partial charge in [-0.3, -0.25) is 0 Å². The molecular formula is C18H13F3N4O3S. The molecule has 0 amide bonds. The Balaban J connectivity index is 1.93. The third-order valence-electron chi connectivity index (χ3n) is 4.44. The van der Waals surface area contributed by atoms with E-state index >= 15 is 0 Å². The van der Waals surface area contributed by atoms with E-state index in [1.54, 1.807) is 18.2 Å². The van der Waals surface area contributed by atoms with Crippen molar-refractivity contribution in [3.8, 4) is 0 Å². The fourth-order valence-electron chi connectivity index (χ4n) is 2.99. The molecular weight excluding hydrogens is 409 g/mol. The Morgan fingerprint density at radius 2 is 1.79 bits per heavy atom. The van der Waals surface area contributed by atoms with Gasteiger partial charge >= 0.3 is 6.18 Å². The van der Waals surface area contributed by atoms with E-state index in [1.165, 1.54) is 24.3 Å². The quantitative estimate of drug-likeness (QED) is 0.689. The summed E-state index contributed by atoms with van der Waals surface area (Å²) < 4.78 is 68.4. The van der Waals surface area contributed by atoms with Gasteiger partial charge in [0.25, 0.3) is 0 Å². The Morgan fingerprint density at radius 1 is 1.10 bits per heavy atom. The molecule has 0 spiro atoms. The average molecular weight is 422 g/mol. The number of rotatable bonds is 3. The van der Waals surface area contributed by atoms with Gasteiger partial charge in [0.2, 0.25) is 21.5 Å². The van der Waals surface area contributed by atoms with Gasteiger partial charge in [-0.25, -0.2) is 18.5 Å². The molecule has 0 saturated carbocycles. The fraction of sp³-hybridized carbons (Fsp3) is 0.167. The monoisotopic (exact) mass is 422 g/mol. The predicted molar refractivity (Wildman–Crippen MR) is 96.3 cm³/mol. The van der Waals surface area contributed by atoms with Crippen LogP contribution in [0.25, 0.3) is 11.1 Å². The van der Waals surface area contributed by atoms with E-state index in [0.717, 1.165) is 11.6 Å². The Bertz CT molecular complexity index is 1280. The molecule has 4 rings (SSSR count). The largest absolute Gasteiger partial charge is 0.437 e. The number of primary sulfonamides is 1. The lowest BCUT2D eigenvalue weighted by Gasteiger charge is -2.19. The summed E-state index contributed by atoms with van der Waals surface area (Å²) in [5.41, 5.74) is -1.11. The highest BCUT2D eigenvalue weighted by atomic mass is 32.2. The number of aromatic nitrogens is 1. The van der Waals surface area contributed by atoms with Gasteiger partial charge in [-0.15, -0.1) is 5.11 Å². The predicted octanol–water partition coefficient (Wildman–Crippen LogP) is 3.94. The lowest BCUT2D eigenvalue weighted by Crippen LogP contribution is -2.22. The molecule has 3 aromatic rings. The maximum absolute atomic E-state index is 13.2. The van der Waals surface area contributed by atoms with Gasteiger partial charge in [0.05, 0.1) is 4.90 Å². The number of allylic oxidation sites excluding steroid dienone is 1. The van der Waals surface area contributed by atoms with E-state index in [4.69, 9.17) is 9.56 Å². The van der Waals surface area contributed by atoms with E-state index in [-0.39, 0.29) is 16.3 Å². The van der Waals surface area contributed by atoms with Crippen molar-refractivity contribution in [3.63, 3.8) is 0 Å². The topological polar surface area (TPSA) is 111 Å². The van der Waals surface area contributed by atoms with Crippen molar-refractivity contribution >= 4 is 21.1 Å². The van der Waals surface area contributed by atoms with Crippen molar-refractivity contribution in [1.82, 2.24) is 4.98 Å². The van der Waals surface area contributed by atoms with Gasteiger partial charge < -0.3 is 4.42 Å². The van der Waals surface area contributed by atoms with E-state index in [0.29, 0.717) is 11.1 Å². The summed E-state index contributed by atoms with van der Waals surface area (Å²) in [6, 6.07) is 10.1. The summed E-state index contributed by atoms with van der Waals surface area (Å²) in [5, 5.41) is 12.2. The van der Waals surface area contributed by atoms with Gasteiger partial charge in [0, 0.05) is 0 Å². The van der Waals surface area contributed by atoms with E-state index in [2.05, 4.69) is 15.2 Å². The van der Waals surface area contributed by atoms with Crippen LogP contribution in [0.5, 0.6) is 0 Å². The first-order valence-electron chi connectivity index (χ1n) is 8.23. The molecule has 2 heterocycles. The standard InChI is InChI=1S/C18H13F3N4O3S/c1-10-2-7-13-14(8-10)28-16(23-13)17(9-15(24-25-17)18(19,20)21)11-3-5-12(6-4-11)29(22,26)27/h2-9H,1H3,(H2,22,26,27). The zero-order valence-electron chi connectivity index (χ0n) is 14.8. The minimum atomic E-state index is -4.73. The molecule has 7 nitrogen and oxygen atoms in total. The lowest BCUT2D eigenvalue weighted by atomic mass is 9.90. The maximum atomic E-state index is 13.2. The van der Waals surface area contributed by atoms with Crippen molar-refractivity contribution in [1.29, 1.82) is 0 Å². The van der Waals surface area contributed by atoms with E-state index in [1.807, 2.05) is 6.92 Å². The molecule has 29 heavy (non-hydrogen) atoms. The number of nitrogens with two attached hydrogens (primary N) is 1. The molecule has 1 unspecified atom stereocenters. The minimum Gasteiger partial charge on any atom is -0.437 e. The van der Waals surface area contributed by atoms with E-state index in [9.17, 15) is 21.6 Å². The summed E-state index contributed by atoms with van der Waals surface area (Å²) in [5.74, 6) is -0.121. The smallest absolute Gasteiger partial charge is 0.434 e. The van der Waals surface area contributed by atoms with E-state index < -0.39 is 27.4 Å². The van der Waals surface area contributed by atoms with Crippen molar-refractivity contribution in [2.75, 3.05) is 0 Å². The van der Waals surface area contributed by atoms with Crippen LogP contribution >= 0.6 is 0 Å². The summed E-state index contributed by atoms with van der Waals surface area (Å²) in [7, 11) is -3.98. The number of oxazole rings is 1. The van der Waals surface area contributed by atoms with Gasteiger partial charge in [-0.2, -0.15) is 18.3 Å². The normalized spacial score (nSPS) is 19.7. The summed E-state index contributed by atoms with van der Waals surface area (Å²) in [6.07, 6.45) is -3.93. The minimum absolute atomic E-state index is 0.121. The zero-order chi connectivity index (χ0) is 21.0. The first kappa shape index (κ1) is 19.3. The van der Waals surface area contributed by atoms with Gasteiger partial charge in [-0.05, 0) is 48.4 Å². The Morgan fingerprint density at radius 3 is 2.38 bits per heavy atom. The molecule has 1 atom stereocenters. The second-order valence-electron chi connectivity index (χ2n) is 6.55. The molecule has 0 radical (unpaired) electrons. The molecule has 1 aromatic heterocycles. The Kier molecular flexibility index (Phi) is 4.14. The molecule has 2 N–H and O–H groups in total. The molecule has 1 aliphatic rings. The van der Waals surface area contributed by atoms with Crippen LogP contribution in [0.1, 0.15) is 17.0 Å². The first-order chi connectivity index (χ1) is 13.5. The third kappa shape index (κ3) is 3.32. The van der Waals surface area contributed by atoms with Crippen LogP contribution < -0.4 is 5.14 Å². The van der Waals surface area contributed by atoms with Crippen LogP contribution in [0.4, 0.5) is 13.2 Å². The molecule has 0 aliphatic carbocycles. The lowest BCUT2D eigenvalue weighted by molar-refractivity contribution is -0.0925. The number of hydrogen-bond acceptors (Lipinski definition) is 6. The number of halogens is 3. The van der Waals surface area contributed by atoms with Gasteiger partial charge in [0.15, 0.2) is 11.3 Å². The Hall–Kier alpha value is -3.05. The summed E-state index contributed by atoms with van der Waals surface area (Å²) >= 11 is 0. The molecule has 0 saturated heterocycles. The highest BCUT2D eigenvalue weighted by molar-refractivity contribution is 7.89. The number of alkyl halides is 3. The van der Waals surface area contributed by atoms with Crippen LogP contribution in [-0.2, 0) is 15.6 Å². The Labute approximate surface area is 162 Å². The SMILES string of the molecule is Cc1ccc2nc(C3(c4ccc(S(N)(=O)=O)cc4)C=C(C(F)(F)F)N=N3)oc2c1. The van der Waals surface area contributed by atoms with Crippen molar-refractivity contribution in [3.05, 3.63) is 71.3 Å². The van der Waals surface area contributed by atoms with Crippen molar-refractivity contribution < 1.29 is 26.0 Å². The van der Waals surface area contributed by atoms with Crippen molar-refractivity contribution in [2.45, 2.75) is 23.5 Å². The molecule has 150 valence electrons. The number of benzene rings is 2. The van der Waals surface area contributed by atoms with Crippen LogP contribution in [0.15, 0.2) is 73.8 Å². The maximum Gasteiger partial charge on any atom is 0.434 e. The third-order valence-corrected chi connectivity index (χ3v) is 5.37. The highest BCUT2D eigenvalue weighted by Gasteiger charge is 2.47. The molecule has 1 aliphatic heterocycles.